The van der Waals surface area contributed by atoms with Crippen LogP contribution in [0.5, 0.6) is 5.95 Å². The van der Waals surface area contributed by atoms with Crippen LogP contribution in [0.4, 0.5) is 0 Å². The SMILES string of the molecule is O=CC1=CCOC2=C1Cc1cc(O)oc1C2=O. The highest BCUT2D eigenvalue weighted by Crippen LogP contribution is 2.35. The Kier molecular flexibility index (Phi) is 1.95. The number of hydrogen-bond donors (Lipinski definition) is 1. The van der Waals surface area contributed by atoms with Gasteiger partial charge in [0, 0.05) is 29.2 Å². The van der Waals surface area contributed by atoms with Crippen LogP contribution in [0.3, 0.4) is 0 Å². The van der Waals surface area contributed by atoms with Crippen molar-refractivity contribution in [2.45, 2.75) is 6.42 Å². The van der Waals surface area contributed by atoms with E-state index in [2.05, 4.69) is 0 Å². The molecular formula is C12H8O5. The highest BCUT2D eigenvalue weighted by Gasteiger charge is 2.34. The summed E-state index contributed by atoms with van der Waals surface area (Å²) in [5.41, 5.74) is 1.60. The number of ether oxygens (including phenoxy) is 1. The molecule has 0 unspecified atom stereocenters. The summed E-state index contributed by atoms with van der Waals surface area (Å²) in [6, 6.07) is 1.38. The standard InChI is InChI=1S/C12H8O5/c13-5-6-1-2-16-12-8(6)3-7-4-9(14)17-11(7)10(12)15/h1,4-5,14H,2-3H2. The third kappa shape index (κ3) is 1.32. The fraction of sp³-hybridized carbons (Fsp3) is 0.167. The number of furan rings is 1. The van der Waals surface area contributed by atoms with Crippen LogP contribution in [0.1, 0.15) is 16.1 Å². The monoisotopic (exact) mass is 232 g/mol. The summed E-state index contributed by atoms with van der Waals surface area (Å²) in [7, 11) is 0. The Morgan fingerprint density at radius 3 is 3.00 bits per heavy atom. The zero-order valence-corrected chi connectivity index (χ0v) is 8.73. The van der Waals surface area contributed by atoms with E-state index in [1.807, 2.05) is 0 Å². The molecule has 0 fully saturated rings. The van der Waals surface area contributed by atoms with Gasteiger partial charge >= 0.3 is 0 Å². The van der Waals surface area contributed by atoms with Gasteiger partial charge in [0.25, 0.3) is 11.7 Å². The Labute approximate surface area is 96.0 Å². The third-order valence-corrected chi connectivity index (χ3v) is 2.86. The van der Waals surface area contributed by atoms with Crippen LogP contribution in [0.15, 0.2) is 33.5 Å². The van der Waals surface area contributed by atoms with Gasteiger partial charge in [-0.15, -0.1) is 0 Å². The van der Waals surface area contributed by atoms with Crippen molar-refractivity contribution in [3.8, 4) is 5.95 Å². The molecule has 0 saturated heterocycles. The summed E-state index contributed by atoms with van der Waals surface area (Å²) in [5, 5.41) is 9.24. The molecule has 0 spiro atoms. The lowest BCUT2D eigenvalue weighted by Gasteiger charge is -2.22. The largest absolute Gasteiger partial charge is 0.485 e. The van der Waals surface area contributed by atoms with E-state index in [0.29, 0.717) is 29.4 Å². The highest BCUT2D eigenvalue weighted by molar-refractivity contribution is 6.10. The van der Waals surface area contributed by atoms with Gasteiger partial charge in [0.1, 0.15) is 12.9 Å². The lowest BCUT2D eigenvalue weighted by molar-refractivity contribution is -0.104. The summed E-state index contributed by atoms with van der Waals surface area (Å²) >= 11 is 0. The Morgan fingerprint density at radius 1 is 1.41 bits per heavy atom. The second-order valence-corrected chi connectivity index (χ2v) is 3.84. The average molecular weight is 232 g/mol. The maximum atomic E-state index is 12.0. The van der Waals surface area contributed by atoms with Crippen LogP contribution >= 0.6 is 0 Å². The second kappa shape index (κ2) is 3.35. The number of carbonyl (C=O) groups is 2. The maximum Gasteiger partial charge on any atom is 0.282 e. The Balaban J connectivity index is 2.14. The van der Waals surface area contributed by atoms with Crippen molar-refractivity contribution < 1.29 is 23.8 Å². The van der Waals surface area contributed by atoms with Crippen molar-refractivity contribution >= 4 is 12.1 Å². The minimum absolute atomic E-state index is 0.0911. The molecule has 1 aromatic heterocycles. The van der Waals surface area contributed by atoms with Crippen LogP contribution in [-0.2, 0) is 16.0 Å². The van der Waals surface area contributed by atoms with Crippen molar-refractivity contribution in [2.24, 2.45) is 0 Å². The molecule has 0 bridgehead atoms. The van der Waals surface area contributed by atoms with E-state index in [1.54, 1.807) is 6.08 Å². The van der Waals surface area contributed by atoms with Crippen molar-refractivity contribution in [2.75, 3.05) is 6.61 Å². The maximum absolute atomic E-state index is 12.0. The Bertz CT molecular complexity index is 588. The van der Waals surface area contributed by atoms with E-state index in [1.165, 1.54) is 6.07 Å². The topological polar surface area (TPSA) is 76.7 Å². The van der Waals surface area contributed by atoms with Gasteiger partial charge in [0.05, 0.1) is 0 Å². The van der Waals surface area contributed by atoms with Crippen molar-refractivity contribution in [1.82, 2.24) is 0 Å². The van der Waals surface area contributed by atoms with Gasteiger partial charge in [-0.3, -0.25) is 9.59 Å². The number of carbonyl (C=O) groups excluding carboxylic acids is 2. The first-order valence-electron chi connectivity index (χ1n) is 5.08. The second-order valence-electron chi connectivity index (χ2n) is 3.84. The predicted molar refractivity (Wildman–Crippen MR) is 55.5 cm³/mol. The van der Waals surface area contributed by atoms with Gasteiger partial charge in [0.2, 0.25) is 0 Å². The van der Waals surface area contributed by atoms with Crippen molar-refractivity contribution in [1.29, 1.82) is 0 Å². The molecule has 0 radical (unpaired) electrons. The molecule has 2 heterocycles. The summed E-state index contributed by atoms with van der Waals surface area (Å²) in [4.78, 5) is 22.9. The molecule has 1 aromatic rings. The minimum Gasteiger partial charge on any atom is -0.485 e. The molecule has 5 nitrogen and oxygen atoms in total. The van der Waals surface area contributed by atoms with Gasteiger partial charge in [-0.1, -0.05) is 0 Å². The summed E-state index contributed by atoms with van der Waals surface area (Å²) in [6.07, 6.45) is 2.69. The number of allylic oxidation sites excluding steroid dienone is 3. The quantitative estimate of drug-likeness (QED) is 0.734. The van der Waals surface area contributed by atoms with Gasteiger partial charge in [-0.05, 0) is 6.08 Å². The van der Waals surface area contributed by atoms with Gasteiger partial charge in [-0.25, -0.2) is 0 Å². The van der Waals surface area contributed by atoms with E-state index in [4.69, 9.17) is 9.15 Å². The lowest BCUT2D eigenvalue weighted by Crippen LogP contribution is -2.21. The minimum atomic E-state index is -0.422. The van der Waals surface area contributed by atoms with Crippen LogP contribution in [0, 0.1) is 0 Å². The molecule has 0 atom stereocenters. The molecule has 86 valence electrons. The van der Waals surface area contributed by atoms with Crippen LogP contribution in [-0.4, -0.2) is 23.8 Å². The van der Waals surface area contributed by atoms with Crippen LogP contribution in [0.25, 0.3) is 0 Å². The molecule has 3 rings (SSSR count). The summed E-state index contributed by atoms with van der Waals surface area (Å²) in [5.74, 6) is -0.487. The number of fused-ring (bicyclic) bond motifs is 1. The lowest BCUT2D eigenvalue weighted by atomic mass is 9.89. The van der Waals surface area contributed by atoms with E-state index in [0.717, 1.165) is 0 Å². The summed E-state index contributed by atoms with van der Waals surface area (Å²) < 4.78 is 10.2. The van der Waals surface area contributed by atoms with Crippen LogP contribution in [0.2, 0.25) is 0 Å². The molecule has 1 aliphatic carbocycles. The fourth-order valence-electron chi connectivity index (χ4n) is 2.09. The predicted octanol–water partition coefficient (Wildman–Crippen LogP) is 1.13. The normalized spacial score (nSPS) is 18.1. The Hall–Kier alpha value is -2.30. The van der Waals surface area contributed by atoms with Gasteiger partial charge < -0.3 is 14.3 Å². The number of aldehydes is 1. The Morgan fingerprint density at radius 2 is 2.24 bits per heavy atom. The zero-order valence-electron chi connectivity index (χ0n) is 8.73. The van der Waals surface area contributed by atoms with E-state index < -0.39 is 5.78 Å². The van der Waals surface area contributed by atoms with Crippen molar-refractivity contribution in [3.05, 3.63) is 40.4 Å². The van der Waals surface area contributed by atoms with E-state index in [-0.39, 0.29) is 24.1 Å². The number of hydrogen-bond acceptors (Lipinski definition) is 5. The first-order chi connectivity index (χ1) is 8.20. The molecule has 1 aliphatic heterocycles. The highest BCUT2D eigenvalue weighted by atomic mass is 16.5. The van der Waals surface area contributed by atoms with Gasteiger partial charge in [0.15, 0.2) is 11.5 Å². The fourth-order valence-corrected chi connectivity index (χ4v) is 2.09. The van der Waals surface area contributed by atoms with Gasteiger partial charge in [-0.2, -0.15) is 0 Å². The first-order valence-corrected chi connectivity index (χ1v) is 5.08. The first kappa shape index (κ1) is 9.89. The average Bonchev–Trinajstić information content (AvgIpc) is 2.70. The molecule has 17 heavy (non-hydrogen) atoms. The van der Waals surface area contributed by atoms with E-state index in [9.17, 15) is 14.7 Å². The molecular weight excluding hydrogens is 224 g/mol. The molecule has 2 aliphatic rings. The number of aromatic hydroxyl groups is 1. The molecule has 0 aromatic carbocycles. The molecule has 0 saturated carbocycles. The van der Waals surface area contributed by atoms with Crippen molar-refractivity contribution in [3.63, 3.8) is 0 Å². The third-order valence-electron chi connectivity index (χ3n) is 2.86. The zero-order chi connectivity index (χ0) is 12.0. The molecule has 1 N–H and O–H groups in total. The number of rotatable bonds is 1. The molecule has 0 amide bonds. The number of Topliss-reactive ketones (excluding diaryl/α,β-unsaturated/α-hetero) is 1. The van der Waals surface area contributed by atoms with Crippen LogP contribution < -0.4 is 0 Å². The molecule has 5 heteroatoms. The number of ketones is 1. The van der Waals surface area contributed by atoms with E-state index >= 15 is 0 Å². The smallest absolute Gasteiger partial charge is 0.282 e. The summed E-state index contributed by atoms with van der Waals surface area (Å²) in [6.45, 7) is 0.195.